The van der Waals surface area contributed by atoms with Crippen LogP contribution in [0.4, 0.5) is 16.6 Å². The summed E-state index contributed by atoms with van der Waals surface area (Å²) < 4.78 is 8.96. The van der Waals surface area contributed by atoms with Gasteiger partial charge in [-0.15, -0.1) is 0 Å². The van der Waals surface area contributed by atoms with Gasteiger partial charge in [-0.25, -0.2) is 9.97 Å². The second-order valence-corrected chi connectivity index (χ2v) is 10.3. The van der Waals surface area contributed by atoms with Crippen molar-refractivity contribution >= 4 is 49.2 Å². The summed E-state index contributed by atoms with van der Waals surface area (Å²) >= 11 is 1.75. The van der Waals surface area contributed by atoms with E-state index in [0.717, 1.165) is 73.6 Å². The van der Waals surface area contributed by atoms with Gasteiger partial charge >= 0.3 is 0 Å². The first-order valence-corrected chi connectivity index (χ1v) is 12.6. The maximum atomic E-state index is 5.48. The van der Waals surface area contributed by atoms with Gasteiger partial charge in [-0.3, -0.25) is 4.90 Å². The Balaban J connectivity index is 1.28. The van der Waals surface area contributed by atoms with Gasteiger partial charge in [0.15, 0.2) is 5.13 Å². The summed E-state index contributed by atoms with van der Waals surface area (Å²) in [5.74, 6) is 0.865. The monoisotopic (exact) mass is 462 g/mol. The molecular weight excluding hydrogens is 432 g/mol. The maximum Gasteiger partial charge on any atom is 0.186 e. The van der Waals surface area contributed by atoms with Gasteiger partial charge in [-0.1, -0.05) is 11.3 Å². The molecule has 3 aromatic heterocycles. The number of nitrogens with one attached hydrogen (secondary N) is 1. The summed E-state index contributed by atoms with van der Waals surface area (Å²) in [5.41, 5.74) is 5.95. The number of benzene rings is 1. The lowest BCUT2D eigenvalue weighted by molar-refractivity contribution is 0.122. The number of hydrogen-bond donors (Lipinski definition) is 1. The molecule has 2 aliphatic rings. The zero-order valence-electron chi connectivity index (χ0n) is 19.5. The lowest BCUT2D eigenvalue weighted by Gasteiger charge is -2.30. The maximum absolute atomic E-state index is 5.48. The fraction of sp³-hybridized carbons (Fsp3) is 0.440. The standard InChI is InChI=1S/C25H30N6OS/c1-16(2)31-9-8-21-19(15-31)18-5-7-23(28-24(18)29(21)3)26-17-4-6-22-20(14-17)27-25(33-22)30-10-12-32-13-11-30/h4-7,14,16H,8-13,15H2,1-3H3,(H,26,28). The SMILES string of the molecule is CC(C)N1CCc2c(c3ccc(Nc4ccc5sc(N6CCOCC6)nc5c4)nc3n2C)C1. The third kappa shape index (κ3) is 3.76. The van der Waals surface area contributed by atoms with Crippen molar-refractivity contribution in [1.82, 2.24) is 19.4 Å². The predicted octanol–water partition coefficient (Wildman–Crippen LogP) is 4.53. The molecule has 0 aliphatic carbocycles. The van der Waals surface area contributed by atoms with Crippen LogP contribution in [0.25, 0.3) is 21.3 Å². The molecule has 6 rings (SSSR count). The summed E-state index contributed by atoms with van der Waals surface area (Å²) in [6.07, 6.45) is 1.08. The molecule has 4 aromatic rings. The first-order valence-electron chi connectivity index (χ1n) is 11.8. The number of rotatable bonds is 4. The highest BCUT2D eigenvalue weighted by Gasteiger charge is 2.25. The fourth-order valence-corrected chi connectivity index (χ4v) is 5.99. The van der Waals surface area contributed by atoms with Crippen LogP contribution in [0.1, 0.15) is 25.1 Å². The molecule has 0 bridgehead atoms. The highest BCUT2D eigenvalue weighted by Crippen LogP contribution is 2.33. The summed E-state index contributed by atoms with van der Waals surface area (Å²) in [4.78, 5) is 14.7. The number of pyridine rings is 1. The van der Waals surface area contributed by atoms with Crippen LogP contribution in [-0.2, 0) is 24.8 Å². The molecule has 1 aromatic carbocycles. The number of morpholine rings is 1. The average molecular weight is 463 g/mol. The molecule has 7 nitrogen and oxygen atoms in total. The van der Waals surface area contributed by atoms with Crippen LogP contribution in [-0.4, -0.2) is 58.3 Å². The number of aryl methyl sites for hydroxylation is 1. The highest BCUT2D eigenvalue weighted by atomic mass is 32.1. The summed E-state index contributed by atoms with van der Waals surface area (Å²) in [6, 6.07) is 11.3. The molecule has 0 saturated carbocycles. The van der Waals surface area contributed by atoms with Crippen molar-refractivity contribution in [3.8, 4) is 0 Å². The number of anilines is 3. The van der Waals surface area contributed by atoms with Crippen LogP contribution in [0.2, 0.25) is 0 Å². The lowest BCUT2D eigenvalue weighted by Crippen LogP contribution is -2.36. The Hall–Kier alpha value is -2.68. The minimum atomic E-state index is 0.562. The first-order chi connectivity index (χ1) is 16.1. The Morgan fingerprint density at radius 2 is 1.91 bits per heavy atom. The lowest BCUT2D eigenvalue weighted by atomic mass is 10.0. The number of aromatic nitrogens is 3. The molecule has 1 saturated heterocycles. The van der Waals surface area contributed by atoms with Gasteiger partial charge in [0.2, 0.25) is 0 Å². The Labute approximate surface area is 198 Å². The largest absolute Gasteiger partial charge is 0.378 e. The molecule has 0 radical (unpaired) electrons. The Bertz CT molecular complexity index is 1320. The highest BCUT2D eigenvalue weighted by molar-refractivity contribution is 7.22. The van der Waals surface area contributed by atoms with E-state index in [1.165, 1.54) is 21.3 Å². The normalized spacial score (nSPS) is 17.3. The van der Waals surface area contributed by atoms with Gasteiger partial charge in [0, 0.05) is 62.5 Å². The molecule has 1 fully saturated rings. The topological polar surface area (TPSA) is 58.4 Å². The first kappa shape index (κ1) is 20.9. The van der Waals surface area contributed by atoms with Crippen molar-refractivity contribution in [2.75, 3.05) is 43.1 Å². The summed E-state index contributed by atoms with van der Waals surface area (Å²) in [5, 5.41) is 5.86. The van der Waals surface area contributed by atoms with Gasteiger partial charge in [0.05, 0.1) is 23.4 Å². The summed E-state index contributed by atoms with van der Waals surface area (Å²) in [6.45, 7) is 10.0. The van der Waals surface area contributed by atoms with E-state index in [4.69, 9.17) is 14.7 Å². The van der Waals surface area contributed by atoms with E-state index in [9.17, 15) is 0 Å². The zero-order chi connectivity index (χ0) is 22.5. The smallest absolute Gasteiger partial charge is 0.186 e. The van der Waals surface area contributed by atoms with Gasteiger partial charge in [-0.2, -0.15) is 0 Å². The van der Waals surface area contributed by atoms with Crippen LogP contribution >= 0.6 is 11.3 Å². The van der Waals surface area contributed by atoms with Gasteiger partial charge in [0.1, 0.15) is 11.5 Å². The molecule has 0 amide bonds. The van der Waals surface area contributed by atoms with E-state index in [2.05, 4.69) is 70.9 Å². The number of hydrogen-bond acceptors (Lipinski definition) is 7. The second kappa shape index (κ2) is 8.27. The van der Waals surface area contributed by atoms with E-state index >= 15 is 0 Å². The Morgan fingerprint density at radius 3 is 2.73 bits per heavy atom. The van der Waals surface area contributed by atoms with Crippen molar-refractivity contribution < 1.29 is 4.74 Å². The second-order valence-electron chi connectivity index (χ2n) is 9.27. The van der Waals surface area contributed by atoms with E-state index in [0.29, 0.717) is 6.04 Å². The molecule has 172 valence electrons. The zero-order valence-corrected chi connectivity index (χ0v) is 20.3. The molecular formula is C25H30N6OS. The van der Waals surface area contributed by atoms with Gasteiger partial charge < -0.3 is 19.5 Å². The molecule has 2 aliphatic heterocycles. The van der Waals surface area contributed by atoms with Crippen LogP contribution in [0, 0.1) is 0 Å². The predicted molar refractivity (Wildman–Crippen MR) is 136 cm³/mol. The van der Waals surface area contributed by atoms with Crippen LogP contribution in [0.5, 0.6) is 0 Å². The van der Waals surface area contributed by atoms with E-state index in [-0.39, 0.29) is 0 Å². The molecule has 0 atom stereocenters. The van der Waals surface area contributed by atoms with Gasteiger partial charge in [0.25, 0.3) is 0 Å². The fourth-order valence-electron chi connectivity index (χ4n) is 4.99. The van der Waals surface area contributed by atoms with Crippen LogP contribution < -0.4 is 10.2 Å². The molecule has 1 N–H and O–H groups in total. The van der Waals surface area contributed by atoms with E-state index in [1.807, 2.05) is 0 Å². The van der Waals surface area contributed by atoms with Crippen molar-refractivity contribution in [2.45, 2.75) is 32.9 Å². The molecule has 33 heavy (non-hydrogen) atoms. The number of fused-ring (bicyclic) bond motifs is 4. The molecule has 0 spiro atoms. The van der Waals surface area contributed by atoms with Crippen molar-refractivity contribution in [1.29, 1.82) is 0 Å². The third-order valence-corrected chi connectivity index (χ3v) is 8.03. The third-order valence-electron chi connectivity index (χ3n) is 6.93. The molecule has 5 heterocycles. The quantitative estimate of drug-likeness (QED) is 0.481. The van der Waals surface area contributed by atoms with Crippen molar-refractivity contribution in [3.63, 3.8) is 0 Å². The summed E-state index contributed by atoms with van der Waals surface area (Å²) in [7, 11) is 2.15. The number of nitrogens with zero attached hydrogens (tertiary/aromatic N) is 5. The minimum Gasteiger partial charge on any atom is -0.378 e. The van der Waals surface area contributed by atoms with Crippen molar-refractivity contribution in [2.24, 2.45) is 7.05 Å². The average Bonchev–Trinajstić information content (AvgIpc) is 3.38. The number of thiazole rings is 1. The number of ether oxygens (including phenoxy) is 1. The Morgan fingerprint density at radius 1 is 1.06 bits per heavy atom. The molecule has 8 heteroatoms. The minimum absolute atomic E-state index is 0.562. The molecule has 0 unspecified atom stereocenters. The van der Waals surface area contributed by atoms with E-state index in [1.54, 1.807) is 11.3 Å². The van der Waals surface area contributed by atoms with Crippen LogP contribution in [0.3, 0.4) is 0 Å². The van der Waals surface area contributed by atoms with Crippen LogP contribution in [0.15, 0.2) is 30.3 Å². The van der Waals surface area contributed by atoms with Gasteiger partial charge in [-0.05, 0) is 49.7 Å². The Kier molecular flexibility index (Phi) is 5.24. The van der Waals surface area contributed by atoms with Crippen molar-refractivity contribution in [3.05, 3.63) is 41.6 Å². The van der Waals surface area contributed by atoms with E-state index < -0.39 is 0 Å².